The quantitative estimate of drug-likeness (QED) is 0.847. The van der Waals surface area contributed by atoms with E-state index in [0.29, 0.717) is 30.5 Å². The molecule has 26 heavy (non-hydrogen) atoms. The summed E-state index contributed by atoms with van der Waals surface area (Å²) in [4.78, 5) is 26.8. The zero-order valence-electron chi connectivity index (χ0n) is 14.5. The maximum absolute atomic E-state index is 12.2. The Balaban J connectivity index is 1.36. The number of hydrogen-bond acceptors (Lipinski definition) is 7. The Hall–Kier alpha value is -2.74. The highest BCUT2D eigenvalue weighted by atomic mass is 16.5. The topological polar surface area (TPSA) is 89.5 Å². The van der Waals surface area contributed by atoms with Gasteiger partial charge >= 0.3 is 0 Å². The number of aromatic nitrogens is 3. The van der Waals surface area contributed by atoms with Gasteiger partial charge in [0.15, 0.2) is 0 Å². The minimum Gasteiger partial charge on any atom is -0.481 e. The first-order valence-corrected chi connectivity index (χ1v) is 8.65. The van der Waals surface area contributed by atoms with Crippen molar-refractivity contribution in [2.24, 2.45) is 11.8 Å². The number of nitrogens with zero attached hydrogens (tertiary/aromatic N) is 4. The summed E-state index contributed by atoms with van der Waals surface area (Å²) < 4.78 is 11.1. The van der Waals surface area contributed by atoms with E-state index >= 15 is 0 Å². The molecule has 0 saturated carbocycles. The number of nitrogens with one attached hydrogen (secondary N) is 1. The van der Waals surface area contributed by atoms with Gasteiger partial charge < -0.3 is 19.7 Å². The van der Waals surface area contributed by atoms with E-state index in [0.717, 1.165) is 18.9 Å². The fraction of sp³-hybridized carbons (Fsp3) is 0.444. The molecular formula is C18H21N5O3. The van der Waals surface area contributed by atoms with Crippen LogP contribution in [0.2, 0.25) is 0 Å². The van der Waals surface area contributed by atoms with Crippen molar-refractivity contribution < 1.29 is 14.3 Å². The molecule has 2 aliphatic rings. The average molecular weight is 355 g/mol. The number of methoxy groups -OCH3 is 1. The fourth-order valence-electron chi connectivity index (χ4n) is 3.63. The summed E-state index contributed by atoms with van der Waals surface area (Å²) in [6.45, 7) is 2.90. The number of carbonyl (C=O) groups excluding carboxylic acids is 1. The number of rotatable bonds is 5. The van der Waals surface area contributed by atoms with E-state index in [1.807, 2.05) is 6.07 Å². The Morgan fingerprint density at radius 2 is 2.35 bits per heavy atom. The van der Waals surface area contributed by atoms with Gasteiger partial charge in [0, 0.05) is 49.9 Å². The molecule has 8 nitrogen and oxygen atoms in total. The number of pyridine rings is 1. The second-order valence-electron chi connectivity index (χ2n) is 6.57. The molecular weight excluding hydrogens is 334 g/mol. The first-order chi connectivity index (χ1) is 12.7. The lowest BCUT2D eigenvalue weighted by Crippen LogP contribution is -2.34. The smallest absolute Gasteiger partial charge is 0.252 e. The summed E-state index contributed by atoms with van der Waals surface area (Å²) in [6.07, 6.45) is 4.90. The number of ether oxygens (including phenoxy) is 2. The fourth-order valence-corrected chi connectivity index (χ4v) is 3.63. The van der Waals surface area contributed by atoms with Gasteiger partial charge in [-0.2, -0.15) is 0 Å². The number of hydrogen-bond donors (Lipinski definition) is 1. The minimum atomic E-state index is -0.100. The van der Waals surface area contributed by atoms with Crippen molar-refractivity contribution in [3.05, 3.63) is 42.5 Å². The van der Waals surface area contributed by atoms with Crippen molar-refractivity contribution in [1.29, 1.82) is 0 Å². The van der Waals surface area contributed by atoms with Crippen molar-refractivity contribution in [2.45, 2.75) is 6.10 Å². The molecule has 8 heteroatoms. The van der Waals surface area contributed by atoms with Gasteiger partial charge in [-0.05, 0) is 12.1 Å². The van der Waals surface area contributed by atoms with Gasteiger partial charge in [0.25, 0.3) is 5.91 Å². The van der Waals surface area contributed by atoms with E-state index in [9.17, 15) is 4.79 Å². The highest BCUT2D eigenvalue weighted by Gasteiger charge is 2.44. The molecule has 4 rings (SSSR count). The molecule has 0 spiro atoms. The first kappa shape index (κ1) is 16.7. The van der Waals surface area contributed by atoms with E-state index < -0.39 is 0 Å². The second-order valence-corrected chi connectivity index (χ2v) is 6.57. The van der Waals surface area contributed by atoms with Gasteiger partial charge in [-0.3, -0.25) is 9.78 Å². The zero-order chi connectivity index (χ0) is 17.9. The summed E-state index contributed by atoms with van der Waals surface area (Å²) in [5.41, 5.74) is 0.573. The normalized spacial score (nSPS) is 24.3. The zero-order valence-corrected chi connectivity index (χ0v) is 14.5. The lowest BCUT2D eigenvalue weighted by Gasteiger charge is -2.21. The molecule has 0 aliphatic carbocycles. The Morgan fingerprint density at radius 1 is 1.42 bits per heavy atom. The lowest BCUT2D eigenvalue weighted by molar-refractivity contribution is 0.0939. The van der Waals surface area contributed by atoms with Crippen molar-refractivity contribution in [3.8, 4) is 5.88 Å². The Bertz CT molecular complexity index is 772. The third kappa shape index (κ3) is 3.32. The molecule has 3 atom stereocenters. The third-order valence-electron chi connectivity index (χ3n) is 5.05. The molecule has 2 fully saturated rings. The van der Waals surface area contributed by atoms with Crippen LogP contribution in [-0.2, 0) is 4.74 Å². The van der Waals surface area contributed by atoms with Gasteiger partial charge in [-0.25, -0.2) is 9.97 Å². The van der Waals surface area contributed by atoms with Gasteiger partial charge in [0.05, 0.1) is 25.4 Å². The molecule has 2 aromatic rings. The van der Waals surface area contributed by atoms with Crippen molar-refractivity contribution in [3.63, 3.8) is 0 Å². The molecule has 136 valence electrons. The van der Waals surface area contributed by atoms with Crippen molar-refractivity contribution >= 4 is 11.7 Å². The van der Waals surface area contributed by atoms with Crippen molar-refractivity contribution in [2.75, 3.05) is 38.3 Å². The number of fused-ring (bicyclic) bond motifs is 1. The highest BCUT2D eigenvalue weighted by molar-refractivity contribution is 5.93. The summed E-state index contributed by atoms with van der Waals surface area (Å²) in [7, 11) is 1.59. The van der Waals surface area contributed by atoms with Crippen LogP contribution in [0.5, 0.6) is 5.88 Å². The predicted octanol–water partition coefficient (Wildman–Crippen LogP) is 0.761. The molecule has 4 heterocycles. The third-order valence-corrected chi connectivity index (χ3v) is 5.05. The van der Waals surface area contributed by atoms with Crippen LogP contribution in [0.4, 0.5) is 5.82 Å². The van der Waals surface area contributed by atoms with E-state index in [4.69, 9.17) is 9.47 Å². The largest absolute Gasteiger partial charge is 0.481 e. The molecule has 0 bridgehead atoms. The summed E-state index contributed by atoms with van der Waals surface area (Å²) in [6, 6.07) is 5.35. The Labute approximate surface area is 151 Å². The van der Waals surface area contributed by atoms with E-state index in [1.165, 1.54) is 6.33 Å². The second kappa shape index (κ2) is 7.25. The van der Waals surface area contributed by atoms with Crippen molar-refractivity contribution in [1.82, 2.24) is 20.3 Å². The van der Waals surface area contributed by atoms with Crippen LogP contribution in [0.3, 0.4) is 0 Å². The van der Waals surface area contributed by atoms with Gasteiger partial charge in [-0.15, -0.1) is 0 Å². The number of carbonyl (C=O) groups is 1. The maximum atomic E-state index is 12.2. The average Bonchev–Trinajstić information content (AvgIpc) is 3.28. The summed E-state index contributed by atoms with van der Waals surface area (Å²) in [5.74, 6) is 1.94. The number of amides is 1. The summed E-state index contributed by atoms with van der Waals surface area (Å²) in [5, 5.41) is 3.00. The van der Waals surface area contributed by atoms with Crippen LogP contribution in [0.25, 0.3) is 0 Å². The molecule has 1 N–H and O–H groups in total. The van der Waals surface area contributed by atoms with Crippen LogP contribution >= 0.6 is 0 Å². The monoisotopic (exact) mass is 355 g/mol. The summed E-state index contributed by atoms with van der Waals surface area (Å²) >= 11 is 0. The molecule has 2 aliphatic heterocycles. The molecule has 0 unspecified atom stereocenters. The van der Waals surface area contributed by atoms with Crippen LogP contribution in [0, 0.1) is 11.8 Å². The van der Waals surface area contributed by atoms with E-state index in [1.54, 1.807) is 31.6 Å². The van der Waals surface area contributed by atoms with Crippen LogP contribution in [-0.4, -0.2) is 60.3 Å². The Kier molecular flexibility index (Phi) is 4.66. The molecule has 0 radical (unpaired) electrons. The van der Waals surface area contributed by atoms with Crippen LogP contribution in [0.1, 0.15) is 10.4 Å². The first-order valence-electron chi connectivity index (χ1n) is 8.65. The Morgan fingerprint density at radius 3 is 3.15 bits per heavy atom. The van der Waals surface area contributed by atoms with Gasteiger partial charge in [0.1, 0.15) is 12.1 Å². The van der Waals surface area contributed by atoms with Crippen LogP contribution < -0.4 is 15.0 Å². The molecule has 2 aromatic heterocycles. The molecule has 1 amide bonds. The van der Waals surface area contributed by atoms with E-state index in [-0.39, 0.29) is 17.9 Å². The molecule has 0 aromatic carbocycles. The number of anilines is 1. The van der Waals surface area contributed by atoms with Crippen LogP contribution in [0.15, 0.2) is 36.9 Å². The predicted molar refractivity (Wildman–Crippen MR) is 94.1 cm³/mol. The maximum Gasteiger partial charge on any atom is 0.252 e. The van der Waals surface area contributed by atoms with E-state index in [2.05, 4.69) is 25.2 Å². The minimum absolute atomic E-state index is 0.100. The standard InChI is InChI=1S/C18H21N5O3/c1-25-17-5-16(21-11-22-17)23-8-14-13(10-26-15(14)9-23)7-20-18(24)12-3-2-4-19-6-12/h2-6,11,13-15H,7-10H2,1H3,(H,20,24)/t13-,14-,15-/m0/s1. The SMILES string of the molecule is COc1cc(N2C[C@H]3[C@@H](CNC(=O)c4cccnc4)CO[C@H]3C2)ncn1. The molecule has 2 saturated heterocycles. The lowest BCUT2D eigenvalue weighted by atomic mass is 9.93. The highest BCUT2D eigenvalue weighted by Crippen LogP contribution is 2.35. The van der Waals surface area contributed by atoms with Gasteiger partial charge in [-0.1, -0.05) is 0 Å². The van der Waals surface area contributed by atoms with Gasteiger partial charge in [0.2, 0.25) is 5.88 Å².